The van der Waals surface area contributed by atoms with Crippen molar-refractivity contribution in [3.63, 3.8) is 0 Å². The number of imidazole rings is 1. The zero-order valence-corrected chi connectivity index (χ0v) is 17.2. The summed E-state index contributed by atoms with van der Waals surface area (Å²) < 4.78 is 15.7. The van der Waals surface area contributed by atoms with Crippen LogP contribution in [0.4, 0.5) is 10.1 Å². The van der Waals surface area contributed by atoms with Gasteiger partial charge in [0, 0.05) is 36.1 Å². The number of rotatable bonds is 6. The molecule has 0 saturated carbocycles. The zero-order valence-electron chi connectivity index (χ0n) is 17.2. The smallest absolute Gasteiger partial charge is 0.224 e. The van der Waals surface area contributed by atoms with Gasteiger partial charge in [0.15, 0.2) is 17.1 Å². The molecule has 0 saturated heterocycles. The standard InChI is InChI=1S/C22H19FN8O/c1-2-3-6-16(32)27-13-8-12(9-24-10-13)14-11-26-21-17(18(14)23)19(30-31-21)22-28-15-5-4-7-25-20(15)29-22/h4-5,7-11H,2-3,6H2,1H3,(H,27,32)(H,25,28,29)(H,26,30,31). The lowest BCUT2D eigenvalue weighted by atomic mass is 10.1. The highest BCUT2D eigenvalue weighted by molar-refractivity contribution is 5.95. The van der Waals surface area contributed by atoms with Gasteiger partial charge in [-0.25, -0.2) is 19.3 Å². The number of amides is 1. The molecule has 0 bridgehead atoms. The maximum atomic E-state index is 15.7. The molecule has 3 N–H and O–H groups in total. The van der Waals surface area contributed by atoms with Gasteiger partial charge in [0.05, 0.1) is 22.8 Å². The molecule has 9 nitrogen and oxygen atoms in total. The largest absolute Gasteiger partial charge is 0.335 e. The van der Waals surface area contributed by atoms with Gasteiger partial charge in [0.25, 0.3) is 0 Å². The van der Waals surface area contributed by atoms with Crippen LogP contribution in [0.25, 0.3) is 44.8 Å². The lowest BCUT2D eigenvalue weighted by Crippen LogP contribution is -2.11. The quantitative estimate of drug-likeness (QED) is 0.370. The van der Waals surface area contributed by atoms with Crippen molar-refractivity contribution in [2.24, 2.45) is 0 Å². The van der Waals surface area contributed by atoms with Gasteiger partial charge in [-0.15, -0.1) is 0 Å². The van der Waals surface area contributed by atoms with E-state index < -0.39 is 5.82 Å². The van der Waals surface area contributed by atoms with E-state index in [0.29, 0.717) is 34.8 Å². The van der Waals surface area contributed by atoms with Gasteiger partial charge >= 0.3 is 0 Å². The van der Waals surface area contributed by atoms with Crippen LogP contribution in [0.5, 0.6) is 0 Å². The third-order valence-corrected chi connectivity index (χ3v) is 5.10. The molecule has 5 aromatic rings. The van der Waals surface area contributed by atoms with E-state index >= 15 is 4.39 Å². The molecule has 0 aliphatic carbocycles. The summed E-state index contributed by atoms with van der Waals surface area (Å²) in [5.74, 6) is -0.201. The van der Waals surface area contributed by atoms with E-state index in [4.69, 9.17) is 0 Å². The van der Waals surface area contributed by atoms with Gasteiger partial charge in [0.2, 0.25) is 5.91 Å². The van der Waals surface area contributed by atoms with Crippen LogP contribution in [0.1, 0.15) is 26.2 Å². The Morgan fingerprint density at radius 1 is 1.19 bits per heavy atom. The molecule has 0 aliphatic heterocycles. The van der Waals surface area contributed by atoms with Crippen molar-refractivity contribution in [3.8, 4) is 22.6 Å². The van der Waals surface area contributed by atoms with Gasteiger partial charge in [-0.3, -0.25) is 14.9 Å². The fourth-order valence-corrected chi connectivity index (χ4v) is 3.50. The van der Waals surface area contributed by atoms with Crippen LogP contribution in [-0.2, 0) is 4.79 Å². The van der Waals surface area contributed by atoms with Gasteiger partial charge in [-0.05, 0) is 24.6 Å². The topological polar surface area (TPSA) is 125 Å². The number of unbranched alkanes of at least 4 members (excludes halogenated alkanes) is 1. The van der Waals surface area contributed by atoms with Crippen molar-refractivity contribution < 1.29 is 9.18 Å². The molecule has 32 heavy (non-hydrogen) atoms. The normalized spacial score (nSPS) is 11.3. The van der Waals surface area contributed by atoms with E-state index in [0.717, 1.165) is 18.4 Å². The van der Waals surface area contributed by atoms with Crippen LogP contribution in [-0.4, -0.2) is 41.0 Å². The molecular weight excluding hydrogens is 411 g/mol. The number of aromatic amines is 2. The number of aromatic nitrogens is 7. The predicted molar refractivity (Wildman–Crippen MR) is 118 cm³/mol. The fourth-order valence-electron chi connectivity index (χ4n) is 3.50. The summed E-state index contributed by atoms with van der Waals surface area (Å²) in [5.41, 5.74) is 3.08. The van der Waals surface area contributed by atoms with E-state index in [9.17, 15) is 4.79 Å². The Morgan fingerprint density at radius 2 is 2.09 bits per heavy atom. The minimum absolute atomic E-state index is 0.101. The molecule has 0 atom stereocenters. The summed E-state index contributed by atoms with van der Waals surface area (Å²) in [5, 5.41) is 9.95. The minimum Gasteiger partial charge on any atom is -0.335 e. The summed E-state index contributed by atoms with van der Waals surface area (Å²) in [4.78, 5) is 32.3. The van der Waals surface area contributed by atoms with Gasteiger partial charge in [-0.2, -0.15) is 5.10 Å². The number of H-pyrrole nitrogens is 2. The Balaban J connectivity index is 1.55. The summed E-state index contributed by atoms with van der Waals surface area (Å²) in [6.07, 6.45) is 8.25. The molecule has 5 heterocycles. The molecule has 0 radical (unpaired) electrons. The predicted octanol–water partition coefficient (Wildman–Crippen LogP) is 4.23. The van der Waals surface area contributed by atoms with Crippen LogP contribution in [0.15, 0.2) is 43.0 Å². The van der Waals surface area contributed by atoms with Crippen molar-refractivity contribution in [1.82, 2.24) is 35.1 Å². The highest BCUT2D eigenvalue weighted by atomic mass is 19.1. The molecule has 0 aromatic carbocycles. The van der Waals surface area contributed by atoms with Crippen LogP contribution in [0, 0.1) is 5.82 Å². The van der Waals surface area contributed by atoms with Crippen LogP contribution in [0.2, 0.25) is 0 Å². The van der Waals surface area contributed by atoms with Crippen molar-refractivity contribution in [2.45, 2.75) is 26.2 Å². The Kier molecular flexibility index (Phi) is 5.02. The number of fused-ring (bicyclic) bond motifs is 2. The van der Waals surface area contributed by atoms with Gasteiger partial charge in [-0.1, -0.05) is 13.3 Å². The first-order valence-electron chi connectivity index (χ1n) is 10.2. The SMILES string of the molecule is CCCCC(=O)Nc1cncc(-c2cnc3n[nH]c(-c4nc5ncccc5[nH]4)c3c2F)c1. The first-order chi connectivity index (χ1) is 15.6. The second-order valence-corrected chi connectivity index (χ2v) is 7.36. The third kappa shape index (κ3) is 3.55. The number of halogens is 1. The number of pyridine rings is 3. The molecule has 0 fully saturated rings. The van der Waals surface area contributed by atoms with Crippen molar-refractivity contribution >= 4 is 33.8 Å². The number of hydrogen-bond donors (Lipinski definition) is 3. The summed E-state index contributed by atoms with van der Waals surface area (Å²) in [6.45, 7) is 2.02. The zero-order chi connectivity index (χ0) is 22.1. The molecule has 160 valence electrons. The molecule has 5 rings (SSSR count). The van der Waals surface area contributed by atoms with E-state index in [1.165, 1.54) is 18.6 Å². The number of nitrogens with one attached hydrogen (secondary N) is 3. The van der Waals surface area contributed by atoms with Crippen LogP contribution >= 0.6 is 0 Å². The number of nitrogens with zero attached hydrogens (tertiary/aromatic N) is 5. The Bertz CT molecular complexity index is 1410. The summed E-state index contributed by atoms with van der Waals surface area (Å²) >= 11 is 0. The maximum Gasteiger partial charge on any atom is 0.224 e. The number of hydrogen-bond acceptors (Lipinski definition) is 6. The average molecular weight is 430 g/mol. The fraction of sp³-hybridized carbons (Fsp3) is 0.182. The third-order valence-electron chi connectivity index (χ3n) is 5.10. The molecule has 0 spiro atoms. The lowest BCUT2D eigenvalue weighted by Gasteiger charge is -2.08. The highest BCUT2D eigenvalue weighted by Crippen LogP contribution is 2.32. The maximum absolute atomic E-state index is 15.7. The second-order valence-electron chi connectivity index (χ2n) is 7.36. The summed E-state index contributed by atoms with van der Waals surface area (Å²) in [6, 6.07) is 5.30. The van der Waals surface area contributed by atoms with Gasteiger partial charge < -0.3 is 10.3 Å². The molecule has 10 heteroatoms. The van der Waals surface area contributed by atoms with Gasteiger partial charge in [0.1, 0.15) is 11.5 Å². The average Bonchev–Trinajstić information content (AvgIpc) is 3.42. The van der Waals surface area contributed by atoms with E-state index in [1.54, 1.807) is 18.3 Å². The van der Waals surface area contributed by atoms with Crippen LogP contribution in [0.3, 0.4) is 0 Å². The van der Waals surface area contributed by atoms with E-state index in [-0.39, 0.29) is 22.5 Å². The molecule has 5 aromatic heterocycles. The Morgan fingerprint density at radius 3 is 2.94 bits per heavy atom. The van der Waals surface area contributed by atoms with Crippen molar-refractivity contribution in [1.29, 1.82) is 0 Å². The molecular formula is C22H19FN8O. The van der Waals surface area contributed by atoms with Crippen molar-refractivity contribution in [3.05, 3.63) is 48.8 Å². The monoisotopic (exact) mass is 430 g/mol. The number of carbonyl (C=O) groups is 1. The molecule has 0 aliphatic rings. The first-order valence-corrected chi connectivity index (χ1v) is 10.2. The first kappa shape index (κ1) is 19.7. The Hall–Kier alpha value is -4.21. The van der Waals surface area contributed by atoms with Crippen molar-refractivity contribution in [2.75, 3.05) is 5.32 Å². The second kappa shape index (κ2) is 8.14. The number of carbonyl (C=O) groups excluding carboxylic acids is 1. The summed E-state index contributed by atoms with van der Waals surface area (Å²) in [7, 11) is 0. The molecule has 0 unspecified atom stereocenters. The Labute approximate surface area is 181 Å². The van der Waals surface area contributed by atoms with Crippen LogP contribution < -0.4 is 5.32 Å². The minimum atomic E-state index is -0.511. The highest BCUT2D eigenvalue weighted by Gasteiger charge is 2.20. The van der Waals surface area contributed by atoms with E-state index in [2.05, 4.69) is 40.4 Å². The lowest BCUT2D eigenvalue weighted by molar-refractivity contribution is -0.116. The number of anilines is 1. The molecule has 1 amide bonds. The van der Waals surface area contributed by atoms with E-state index in [1.807, 2.05) is 13.0 Å².